The van der Waals surface area contributed by atoms with Gasteiger partial charge in [-0.25, -0.2) is 0 Å². The van der Waals surface area contributed by atoms with E-state index in [9.17, 15) is 0 Å². The summed E-state index contributed by atoms with van der Waals surface area (Å²) in [6, 6.07) is 30.8. The molecule has 3 radical (unpaired) electrons. The zero-order valence-corrected chi connectivity index (χ0v) is 16.5. The van der Waals surface area contributed by atoms with Crippen LogP contribution in [0, 0.1) is 0 Å². The summed E-state index contributed by atoms with van der Waals surface area (Å²) in [5.74, 6) is 0. The molecular formula is C21H20GeP. The van der Waals surface area contributed by atoms with E-state index in [0.717, 1.165) is 0 Å². The predicted octanol–water partition coefficient (Wildman–Crippen LogP) is 3.85. The molecule has 2 heteroatoms. The summed E-state index contributed by atoms with van der Waals surface area (Å²) in [4.78, 5) is 0. The van der Waals surface area contributed by atoms with Crippen molar-refractivity contribution in [3.05, 3.63) is 90.5 Å². The molecule has 113 valence electrons. The quantitative estimate of drug-likeness (QED) is 0.480. The second-order valence-electron chi connectivity index (χ2n) is 6.15. The molecule has 0 fully saturated rings. The van der Waals surface area contributed by atoms with Crippen LogP contribution in [0.1, 0.15) is 19.4 Å². The van der Waals surface area contributed by atoms with Crippen molar-refractivity contribution in [1.29, 1.82) is 0 Å². The maximum absolute atomic E-state index is 2.31. The van der Waals surface area contributed by atoms with E-state index in [1.807, 2.05) is 0 Å². The molecule has 3 aromatic rings. The molecule has 0 aliphatic rings. The van der Waals surface area contributed by atoms with Crippen LogP contribution in [0.15, 0.2) is 84.9 Å². The van der Waals surface area contributed by atoms with Crippen LogP contribution in [0.4, 0.5) is 0 Å². The van der Waals surface area contributed by atoms with Gasteiger partial charge in [0, 0.05) is 0 Å². The minimum atomic E-state index is -0.531. The SMILES string of the molecule is C[C](C)([Ge])c1ccccc1P(c1ccccc1)c1ccccc1. The third-order valence-corrected chi connectivity index (χ3v) is 6.91. The van der Waals surface area contributed by atoms with Crippen LogP contribution < -0.4 is 15.9 Å². The van der Waals surface area contributed by atoms with Crippen molar-refractivity contribution in [1.82, 2.24) is 0 Å². The van der Waals surface area contributed by atoms with Crippen molar-refractivity contribution in [3.8, 4) is 0 Å². The zero-order chi connectivity index (χ0) is 16.3. The fraction of sp³-hybridized carbons (Fsp3) is 0.143. The third-order valence-electron chi connectivity index (χ3n) is 3.85. The zero-order valence-electron chi connectivity index (χ0n) is 13.5. The summed E-state index contributed by atoms with van der Waals surface area (Å²) < 4.78 is 0.140. The Hall–Kier alpha value is -1.37. The molecule has 0 atom stereocenters. The van der Waals surface area contributed by atoms with Crippen LogP contribution in [0.25, 0.3) is 0 Å². The van der Waals surface area contributed by atoms with Gasteiger partial charge in [0.25, 0.3) is 0 Å². The predicted molar refractivity (Wildman–Crippen MR) is 104 cm³/mol. The molecule has 0 spiro atoms. The number of benzene rings is 3. The van der Waals surface area contributed by atoms with E-state index in [4.69, 9.17) is 0 Å². The van der Waals surface area contributed by atoms with Gasteiger partial charge in [0.1, 0.15) is 0 Å². The van der Waals surface area contributed by atoms with Gasteiger partial charge in [-0.15, -0.1) is 0 Å². The topological polar surface area (TPSA) is 0 Å². The first-order chi connectivity index (χ1) is 11.1. The first-order valence-electron chi connectivity index (χ1n) is 7.82. The Morgan fingerprint density at radius 1 is 0.652 bits per heavy atom. The molecule has 0 aliphatic heterocycles. The molecule has 0 heterocycles. The van der Waals surface area contributed by atoms with Crippen LogP contribution in [0.2, 0.25) is 0 Å². The summed E-state index contributed by atoms with van der Waals surface area (Å²) in [6.45, 7) is 4.60. The summed E-state index contributed by atoms with van der Waals surface area (Å²) in [5.41, 5.74) is 1.44. The molecule has 0 amide bonds. The van der Waals surface area contributed by atoms with Crippen LogP contribution in [-0.2, 0) is 4.25 Å². The Balaban J connectivity index is 2.22. The molecule has 0 bridgehead atoms. The Labute approximate surface area is 148 Å². The van der Waals surface area contributed by atoms with Crippen LogP contribution in [0.5, 0.6) is 0 Å². The standard InChI is InChI=1S/C21H20GeP/c1-21(2,22)19-15-9-10-16-20(19)23(17-11-5-3-6-12-17)18-13-7-4-8-14-18/h3-16H,1-2H3. The molecule has 0 N–H and O–H groups in total. The van der Waals surface area contributed by atoms with Gasteiger partial charge in [-0.2, -0.15) is 0 Å². The summed E-state index contributed by atoms with van der Waals surface area (Å²) in [6.07, 6.45) is 0. The van der Waals surface area contributed by atoms with E-state index >= 15 is 0 Å². The van der Waals surface area contributed by atoms with E-state index in [1.54, 1.807) is 0 Å². The number of hydrogen-bond donors (Lipinski definition) is 0. The van der Waals surface area contributed by atoms with Gasteiger partial charge in [-0.3, -0.25) is 0 Å². The van der Waals surface area contributed by atoms with Crippen LogP contribution in [-0.4, -0.2) is 16.5 Å². The average Bonchev–Trinajstić information content (AvgIpc) is 2.57. The molecular weight excluding hydrogens is 356 g/mol. The van der Waals surface area contributed by atoms with Crippen molar-refractivity contribution in [2.24, 2.45) is 0 Å². The molecule has 3 rings (SSSR count). The van der Waals surface area contributed by atoms with E-state index in [0.29, 0.717) is 0 Å². The number of hydrogen-bond acceptors (Lipinski definition) is 0. The first-order valence-corrected chi connectivity index (χ1v) is 10.2. The summed E-state index contributed by atoms with van der Waals surface area (Å²) in [5, 5.41) is 4.28. The fourth-order valence-corrected chi connectivity index (χ4v) is 6.08. The van der Waals surface area contributed by atoms with Crippen molar-refractivity contribution < 1.29 is 0 Å². The molecule has 0 saturated carbocycles. The van der Waals surface area contributed by atoms with Crippen molar-refractivity contribution in [2.75, 3.05) is 0 Å². The number of rotatable bonds is 4. The molecule has 23 heavy (non-hydrogen) atoms. The third kappa shape index (κ3) is 3.76. The van der Waals surface area contributed by atoms with Gasteiger partial charge in [0.15, 0.2) is 0 Å². The fourth-order valence-electron chi connectivity index (χ4n) is 2.78. The van der Waals surface area contributed by atoms with Crippen molar-refractivity contribution in [2.45, 2.75) is 18.1 Å². The van der Waals surface area contributed by atoms with Gasteiger partial charge >= 0.3 is 149 Å². The second-order valence-corrected chi connectivity index (χ2v) is 11.0. The minimum absolute atomic E-state index is 0.140. The maximum atomic E-state index is 2.31. The monoisotopic (exact) mass is 377 g/mol. The van der Waals surface area contributed by atoms with Gasteiger partial charge in [-0.05, 0) is 0 Å². The van der Waals surface area contributed by atoms with Gasteiger partial charge < -0.3 is 0 Å². The van der Waals surface area contributed by atoms with Gasteiger partial charge in [-0.1, -0.05) is 0 Å². The normalized spacial score (nSPS) is 11.7. The van der Waals surface area contributed by atoms with E-state index in [1.165, 1.54) is 21.5 Å². The summed E-state index contributed by atoms with van der Waals surface area (Å²) >= 11 is 2.30. The first kappa shape index (κ1) is 16.5. The molecule has 0 nitrogen and oxygen atoms in total. The second kappa shape index (κ2) is 7.03. The Bertz CT molecular complexity index is 721. The molecule has 3 aromatic carbocycles. The van der Waals surface area contributed by atoms with E-state index in [2.05, 4.69) is 115 Å². The Morgan fingerprint density at radius 3 is 1.57 bits per heavy atom. The van der Waals surface area contributed by atoms with Gasteiger partial charge in [0.2, 0.25) is 0 Å². The summed E-state index contributed by atoms with van der Waals surface area (Å²) in [7, 11) is -0.531. The molecule has 0 aromatic heterocycles. The average molecular weight is 376 g/mol. The molecule has 0 aliphatic carbocycles. The van der Waals surface area contributed by atoms with Crippen LogP contribution >= 0.6 is 7.92 Å². The van der Waals surface area contributed by atoms with E-state index in [-0.39, 0.29) is 4.25 Å². The van der Waals surface area contributed by atoms with Crippen LogP contribution in [0.3, 0.4) is 0 Å². The molecule has 0 saturated heterocycles. The van der Waals surface area contributed by atoms with Gasteiger partial charge in [0.05, 0.1) is 0 Å². The van der Waals surface area contributed by atoms with E-state index < -0.39 is 7.92 Å². The van der Waals surface area contributed by atoms with Crippen molar-refractivity contribution >= 4 is 40.3 Å². The van der Waals surface area contributed by atoms with Crippen molar-refractivity contribution in [3.63, 3.8) is 0 Å². The molecule has 0 unspecified atom stereocenters. The Morgan fingerprint density at radius 2 is 1.09 bits per heavy atom. The Kier molecular flexibility index (Phi) is 5.04.